The molecule has 2 heterocycles. The van der Waals surface area contributed by atoms with Crippen LogP contribution < -0.4 is 0 Å². The lowest BCUT2D eigenvalue weighted by Crippen LogP contribution is -2.49. The SMILES string of the molecule is Cn1c(C[C@H]2CN(C3CCC3)CC[C@H]2CC(=O)O)nc2ccccc21. The zero-order valence-electron chi connectivity index (χ0n) is 14.9. The summed E-state index contributed by atoms with van der Waals surface area (Å²) >= 11 is 0. The highest BCUT2D eigenvalue weighted by Gasteiger charge is 2.36. The molecule has 0 spiro atoms. The highest BCUT2D eigenvalue weighted by atomic mass is 16.4. The number of aliphatic carboxylic acids is 1. The summed E-state index contributed by atoms with van der Waals surface area (Å²) in [7, 11) is 2.07. The number of carboxylic acid groups (broad SMARTS) is 1. The number of hydrogen-bond acceptors (Lipinski definition) is 3. The maximum absolute atomic E-state index is 11.3. The Labute approximate surface area is 148 Å². The first-order valence-electron chi connectivity index (χ1n) is 9.48. The van der Waals surface area contributed by atoms with Crippen molar-refractivity contribution in [3.05, 3.63) is 30.1 Å². The highest BCUT2D eigenvalue weighted by Crippen LogP contribution is 2.34. The molecule has 5 heteroatoms. The van der Waals surface area contributed by atoms with Gasteiger partial charge in [0.05, 0.1) is 11.0 Å². The third-order valence-electron chi connectivity index (χ3n) is 6.28. The van der Waals surface area contributed by atoms with E-state index < -0.39 is 5.97 Å². The van der Waals surface area contributed by atoms with Crippen molar-refractivity contribution in [1.82, 2.24) is 14.5 Å². The fourth-order valence-electron chi connectivity index (χ4n) is 4.53. The molecule has 0 amide bonds. The first-order valence-corrected chi connectivity index (χ1v) is 9.48. The monoisotopic (exact) mass is 341 g/mol. The maximum Gasteiger partial charge on any atom is 0.303 e. The van der Waals surface area contributed by atoms with E-state index >= 15 is 0 Å². The topological polar surface area (TPSA) is 58.4 Å². The molecule has 1 aliphatic carbocycles. The van der Waals surface area contributed by atoms with Crippen LogP contribution in [0.4, 0.5) is 0 Å². The molecule has 1 aromatic carbocycles. The van der Waals surface area contributed by atoms with Crippen LogP contribution >= 0.6 is 0 Å². The van der Waals surface area contributed by atoms with Gasteiger partial charge in [0.2, 0.25) is 0 Å². The highest BCUT2D eigenvalue weighted by molar-refractivity contribution is 5.75. The van der Waals surface area contributed by atoms with Crippen LogP contribution in [0, 0.1) is 11.8 Å². The van der Waals surface area contributed by atoms with Crippen molar-refractivity contribution < 1.29 is 9.90 Å². The number of nitrogens with zero attached hydrogens (tertiary/aromatic N) is 3. The average molecular weight is 341 g/mol. The lowest BCUT2D eigenvalue weighted by Gasteiger charge is -2.45. The Morgan fingerprint density at radius 1 is 1.24 bits per heavy atom. The number of aryl methyl sites for hydroxylation is 1. The molecule has 2 atom stereocenters. The van der Waals surface area contributed by atoms with Crippen LogP contribution in [0.5, 0.6) is 0 Å². The second kappa shape index (κ2) is 6.79. The fraction of sp³-hybridized carbons (Fsp3) is 0.600. The maximum atomic E-state index is 11.3. The number of aromatic nitrogens is 2. The van der Waals surface area contributed by atoms with Gasteiger partial charge in [-0.05, 0) is 49.8 Å². The summed E-state index contributed by atoms with van der Waals surface area (Å²) < 4.78 is 2.18. The van der Waals surface area contributed by atoms with Crippen molar-refractivity contribution in [2.24, 2.45) is 18.9 Å². The predicted octanol–water partition coefficient (Wildman–Crippen LogP) is 3.08. The fourth-order valence-corrected chi connectivity index (χ4v) is 4.53. The van der Waals surface area contributed by atoms with Crippen molar-refractivity contribution in [3.63, 3.8) is 0 Å². The third-order valence-corrected chi connectivity index (χ3v) is 6.28. The van der Waals surface area contributed by atoms with Crippen LogP contribution in [0.25, 0.3) is 11.0 Å². The molecule has 134 valence electrons. The Morgan fingerprint density at radius 3 is 2.72 bits per heavy atom. The molecule has 4 rings (SSSR count). The second-order valence-corrected chi connectivity index (χ2v) is 7.77. The average Bonchev–Trinajstić information content (AvgIpc) is 2.84. The molecule has 1 aliphatic heterocycles. The molecular formula is C20H27N3O2. The smallest absolute Gasteiger partial charge is 0.303 e. The molecule has 2 aromatic rings. The van der Waals surface area contributed by atoms with Crippen molar-refractivity contribution in [1.29, 1.82) is 0 Å². The molecule has 0 bridgehead atoms. The van der Waals surface area contributed by atoms with Gasteiger partial charge >= 0.3 is 5.97 Å². The normalized spacial score (nSPS) is 25.2. The van der Waals surface area contributed by atoms with Crippen molar-refractivity contribution >= 4 is 17.0 Å². The van der Waals surface area contributed by atoms with Crippen LogP contribution in [0.15, 0.2) is 24.3 Å². The molecule has 1 aromatic heterocycles. The zero-order valence-corrected chi connectivity index (χ0v) is 14.9. The number of carboxylic acids is 1. The lowest BCUT2D eigenvalue weighted by molar-refractivity contribution is -0.139. The summed E-state index contributed by atoms with van der Waals surface area (Å²) in [5, 5.41) is 9.32. The van der Waals surface area contributed by atoms with Crippen molar-refractivity contribution in [2.45, 2.75) is 44.6 Å². The molecule has 2 aliphatic rings. The van der Waals surface area contributed by atoms with E-state index in [1.54, 1.807) is 0 Å². The van der Waals surface area contributed by atoms with Gasteiger partial charge in [-0.25, -0.2) is 4.98 Å². The first kappa shape index (κ1) is 16.6. The van der Waals surface area contributed by atoms with Gasteiger partial charge in [0.1, 0.15) is 5.82 Å². The van der Waals surface area contributed by atoms with Crippen molar-refractivity contribution in [2.75, 3.05) is 13.1 Å². The minimum atomic E-state index is -0.669. The van der Waals surface area contributed by atoms with E-state index in [9.17, 15) is 9.90 Å². The molecular weight excluding hydrogens is 314 g/mol. The van der Waals surface area contributed by atoms with E-state index in [0.717, 1.165) is 48.8 Å². The number of imidazole rings is 1. The summed E-state index contributed by atoms with van der Waals surface area (Å²) in [5.41, 5.74) is 2.18. The molecule has 2 fully saturated rings. The summed E-state index contributed by atoms with van der Waals surface area (Å²) in [5.74, 6) is 1.05. The van der Waals surface area contributed by atoms with Crippen LogP contribution in [0.3, 0.4) is 0 Å². The summed E-state index contributed by atoms with van der Waals surface area (Å²) in [6, 6.07) is 8.94. The lowest BCUT2D eigenvalue weighted by atomic mass is 9.79. The van der Waals surface area contributed by atoms with Crippen molar-refractivity contribution in [3.8, 4) is 0 Å². The van der Waals surface area contributed by atoms with E-state index in [1.807, 2.05) is 12.1 Å². The number of piperidine rings is 1. The molecule has 25 heavy (non-hydrogen) atoms. The minimum Gasteiger partial charge on any atom is -0.481 e. The van der Waals surface area contributed by atoms with E-state index in [2.05, 4.69) is 28.6 Å². The van der Waals surface area contributed by atoms with Gasteiger partial charge in [0.15, 0.2) is 0 Å². The van der Waals surface area contributed by atoms with E-state index in [0.29, 0.717) is 5.92 Å². The molecule has 0 radical (unpaired) electrons. The van der Waals surface area contributed by atoms with Gasteiger partial charge in [0, 0.05) is 32.5 Å². The Bertz CT molecular complexity index is 765. The quantitative estimate of drug-likeness (QED) is 0.908. The number of hydrogen-bond donors (Lipinski definition) is 1. The van der Waals surface area contributed by atoms with Crippen LogP contribution in [-0.4, -0.2) is 44.7 Å². The zero-order chi connectivity index (χ0) is 17.4. The number of rotatable bonds is 5. The number of para-hydroxylation sites is 2. The molecule has 5 nitrogen and oxygen atoms in total. The van der Waals surface area contributed by atoms with Gasteiger partial charge < -0.3 is 14.6 Å². The van der Waals surface area contributed by atoms with E-state index in [-0.39, 0.29) is 12.3 Å². The molecule has 0 unspecified atom stereocenters. The third kappa shape index (κ3) is 3.30. The van der Waals surface area contributed by atoms with Crippen LogP contribution in [-0.2, 0) is 18.3 Å². The first-order chi connectivity index (χ1) is 12.1. The Morgan fingerprint density at radius 2 is 2.04 bits per heavy atom. The van der Waals surface area contributed by atoms with Gasteiger partial charge in [-0.3, -0.25) is 4.79 Å². The standard InChI is InChI=1S/C20H27N3O2/c1-22-18-8-3-2-7-17(18)21-19(22)11-15-13-23(16-5-4-6-16)10-9-14(15)12-20(24)25/h2-3,7-8,14-16H,4-6,9-13H2,1H3,(H,24,25)/t14-,15-/m0/s1. The summed E-state index contributed by atoms with van der Waals surface area (Å²) in [4.78, 5) is 18.7. The Hall–Kier alpha value is -1.88. The molecule has 1 saturated heterocycles. The number of fused-ring (bicyclic) bond motifs is 1. The van der Waals surface area contributed by atoms with E-state index in [4.69, 9.17) is 4.98 Å². The van der Waals surface area contributed by atoms with Gasteiger partial charge in [0.25, 0.3) is 0 Å². The van der Waals surface area contributed by atoms with Crippen LogP contribution in [0.1, 0.15) is 37.9 Å². The number of likely N-dealkylation sites (tertiary alicyclic amines) is 1. The van der Waals surface area contributed by atoms with Crippen LogP contribution in [0.2, 0.25) is 0 Å². The van der Waals surface area contributed by atoms with Gasteiger partial charge in [-0.2, -0.15) is 0 Å². The second-order valence-electron chi connectivity index (χ2n) is 7.77. The predicted molar refractivity (Wildman–Crippen MR) is 97.5 cm³/mol. The van der Waals surface area contributed by atoms with Gasteiger partial charge in [-0.15, -0.1) is 0 Å². The largest absolute Gasteiger partial charge is 0.481 e. The molecule has 1 saturated carbocycles. The summed E-state index contributed by atoms with van der Waals surface area (Å²) in [6.45, 7) is 2.08. The van der Waals surface area contributed by atoms with Gasteiger partial charge in [-0.1, -0.05) is 18.6 Å². The molecule has 1 N–H and O–H groups in total. The minimum absolute atomic E-state index is 0.258. The Kier molecular flexibility index (Phi) is 4.50. The number of carbonyl (C=O) groups is 1. The summed E-state index contributed by atoms with van der Waals surface area (Å²) in [6.07, 6.45) is 6.11. The number of benzene rings is 1. The van der Waals surface area contributed by atoms with E-state index in [1.165, 1.54) is 19.3 Å². The Balaban J connectivity index is 1.56.